The number of hydrogen-bond donors (Lipinski definition) is 2. The van der Waals surface area contributed by atoms with E-state index in [2.05, 4.69) is 20.9 Å². The molecule has 2 aromatic carbocycles. The Hall–Kier alpha value is -2.04. The fourth-order valence-electron chi connectivity index (χ4n) is 3.02. The van der Waals surface area contributed by atoms with E-state index < -0.39 is 0 Å². The first kappa shape index (κ1) is 26.0. The quantitative estimate of drug-likeness (QED) is 0.384. The molecule has 148 valence electrons. The molecule has 0 saturated carbocycles. The van der Waals surface area contributed by atoms with Gasteiger partial charge >= 0.3 is 51.4 Å². The number of hydrogen-bond acceptors (Lipinski definition) is 3. The summed E-state index contributed by atoms with van der Waals surface area (Å²) in [5.41, 5.74) is 3.72. The molecule has 0 amide bonds. The summed E-state index contributed by atoms with van der Waals surface area (Å²) in [5.74, 6) is -0.464. The van der Waals surface area contributed by atoms with Crippen molar-refractivity contribution in [2.45, 2.75) is 13.0 Å². The summed E-state index contributed by atoms with van der Waals surface area (Å²) in [6.45, 7) is 5.62. The molecule has 0 atom stereocenters. The topological polar surface area (TPSA) is 82.4 Å². The Morgan fingerprint density at radius 2 is 1.37 bits per heavy atom. The van der Waals surface area contributed by atoms with Crippen LogP contribution in [0.2, 0.25) is 0 Å². The van der Waals surface area contributed by atoms with E-state index in [0.29, 0.717) is 6.42 Å². The Morgan fingerprint density at radius 1 is 0.900 bits per heavy atom. The number of nitriles is 1. The van der Waals surface area contributed by atoms with Gasteiger partial charge in [-0.15, -0.1) is 0 Å². The summed E-state index contributed by atoms with van der Waals surface area (Å²) in [5, 5.41) is 16.8. The van der Waals surface area contributed by atoms with E-state index in [-0.39, 0.29) is 63.0 Å². The van der Waals surface area contributed by atoms with Gasteiger partial charge in [-0.1, -0.05) is 0 Å². The predicted octanol–water partition coefficient (Wildman–Crippen LogP) is 1.84. The van der Waals surface area contributed by atoms with Crippen LogP contribution >= 0.6 is 0 Å². The van der Waals surface area contributed by atoms with E-state index in [1.165, 1.54) is 29.8 Å². The fraction of sp³-hybridized carbons (Fsp3) is 0.182. The maximum absolute atomic E-state index is 12.9. The van der Waals surface area contributed by atoms with E-state index in [9.17, 15) is 8.78 Å². The van der Waals surface area contributed by atoms with Crippen molar-refractivity contribution in [1.29, 1.82) is 10.5 Å². The van der Waals surface area contributed by atoms with Crippen LogP contribution in [-0.2, 0) is 13.0 Å². The van der Waals surface area contributed by atoms with E-state index in [0.717, 1.165) is 33.9 Å². The summed E-state index contributed by atoms with van der Waals surface area (Å²) in [6.07, 6.45) is 4.03. The van der Waals surface area contributed by atoms with Crippen molar-refractivity contribution in [3.05, 3.63) is 78.1 Å². The smallest absolute Gasteiger partial charge is 0.512 e. The summed E-state index contributed by atoms with van der Waals surface area (Å²) in [6, 6.07) is 11.4. The predicted molar refractivity (Wildman–Crippen MR) is 108 cm³/mol. The molecule has 2 heterocycles. The molecule has 2 aromatic heterocycles. The van der Waals surface area contributed by atoms with E-state index in [1.807, 2.05) is 26.4 Å². The Balaban J connectivity index is 0.000000270. The van der Waals surface area contributed by atoms with Crippen LogP contribution in [0.25, 0.3) is 21.8 Å². The molecule has 8 heteroatoms. The van der Waals surface area contributed by atoms with Gasteiger partial charge < -0.3 is 26.7 Å². The molecular formula is C22H20F2KN5. The number of halogens is 2. The first-order valence-corrected chi connectivity index (χ1v) is 8.73. The third kappa shape index (κ3) is 6.75. The van der Waals surface area contributed by atoms with Crippen molar-refractivity contribution >= 4 is 21.8 Å². The van der Waals surface area contributed by atoms with Crippen molar-refractivity contribution in [2.24, 2.45) is 0 Å². The average molecular weight is 432 g/mol. The standard InChI is InChI=1S/C11H13FN2.C10H7FN2.CN.K/c1-14(2)7-8-6-13-11-5-9(12)3-4-10(8)11;11-8-1-2-9-7(3-4-12)6-13-10(9)5-8;1-2;/h3-6,13H,7H2,1-2H3;1-2,5-6,13H,3H2;;/q;;-1;+1. The number of aromatic nitrogens is 2. The number of benzene rings is 2. The van der Waals surface area contributed by atoms with Gasteiger partial charge in [-0.25, -0.2) is 8.78 Å². The third-order valence-electron chi connectivity index (χ3n) is 4.22. The third-order valence-corrected chi connectivity index (χ3v) is 4.22. The van der Waals surface area contributed by atoms with Crippen LogP contribution in [0.1, 0.15) is 11.1 Å². The second-order valence-electron chi connectivity index (χ2n) is 6.58. The summed E-state index contributed by atoms with van der Waals surface area (Å²) in [7, 11) is 4.03. The number of aromatic amines is 2. The number of nitrogens with zero attached hydrogens (tertiary/aromatic N) is 3. The van der Waals surface area contributed by atoms with Gasteiger partial charge in [0.15, 0.2) is 0 Å². The summed E-state index contributed by atoms with van der Waals surface area (Å²) in [4.78, 5) is 8.08. The molecule has 0 aliphatic rings. The van der Waals surface area contributed by atoms with Gasteiger partial charge in [0.05, 0.1) is 12.5 Å². The monoisotopic (exact) mass is 431 g/mol. The summed E-state index contributed by atoms with van der Waals surface area (Å²) < 4.78 is 25.6. The molecule has 0 fully saturated rings. The minimum absolute atomic E-state index is 0. The number of H-pyrrole nitrogens is 2. The maximum atomic E-state index is 12.9. The Kier molecular flexibility index (Phi) is 10.9. The molecule has 0 spiro atoms. The first-order chi connectivity index (χ1) is 14.0. The summed E-state index contributed by atoms with van der Waals surface area (Å²) >= 11 is 0. The fourth-order valence-corrected chi connectivity index (χ4v) is 3.02. The van der Waals surface area contributed by atoms with Crippen LogP contribution in [0.5, 0.6) is 0 Å². The first-order valence-electron chi connectivity index (χ1n) is 8.73. The van der Waals surface area contributed by atoms with Crippen molar-refractivity contribution in [1.82, 2.24) is 14.9 Å². The van der Waals surface area contributed by atoms with Gasteiger partial charge in [0.25, 0.3) is 0 Å². The maximum Gasteiger partial charge on any atom is 1.00 e. The number of rotatable bonds is 3. The van der Waals surface area contributed by atoms with Gasteiger partial charge in [0.2, 0.25) is 0 Å². The van der Waals surface area contributed by atoms with Crippen LogP contribution < -0.4 is 51.4 Å². The van der Waals surface area contributed by atoms with E-state index in [4.69, 9.17) is 17.1 Å². The molecular weight excluding hydrogens is 411 g/mol. The second kappa shape index (κ2) is 12.6. The van der Waals surface area contributed by atoms with Crippen LogP contribution in [0.15, 0.2) is 48.8 Å². The molecule has 0 radical (unpaired) electrons. The molecule has 4 aromatic rings. The second-order valence-corrected chi connectivity index (χ2v) is 6.58. The molecule has 30 heavy (non-hydrogen) atoms. The Bertz CT molecular complexity index is 1150. The SMILES string of the molecule is CN(C)Cc1c[nH]c2cc(F)ccc12.N#CCc1c[nH]c2cc(F)ccc12.[C-]#N.[K+]. The van der Waals surface area contributed by atoms with Crippen LogP contribution in [0, 0.1) is 34.8 Å². The number of fused-ring (bicyclic) bond motifs is 2. The van der Waals surface area contributed by atoms with E-state index in [1.54, 1.807) is 12.3 Å². The molecule has 0 aliphatic carbocycles. The molecule has 0 unspecified atom stereocenters. The number of nitrogens with one attached hydrogen (secondary N) is 2. The Morgan fingerprint density at radius 3 is 1.83 bits per heavy atom. The van der Waals surface area contributed by atoms with Crippen molar-refractivity contribution in [3.8, 4) is 6.07 Å². The molecule has 0 bridgehead atoms. The van der Waals surface area contributed by atoms with Crippen LogP contribution in [-0.4, -0.2) is 29.0 Å². The van der Waals surface area contributed by atoms with Crippen LogP contribution in [0.3, 0.4) is 0 Å². The minimum Gasteiger partial charge on any atom is -0.512 e. The van der Waals surface area contributed by atoms with Gasteiger partial charge in [-0.2, -0.15) is 5.26 Å². The molecule has 5 nitrogen and oxygen atoms in total. The molecule has 4 rings (SSSR count). The van der Waals surface area contributed by atoms with Crippen molar-refractivity contribution in [2.75, 3.05) is 14.1 Å². The van der Waals surface area contributed by atoms with Gasteiger partial charge in [-0.05, 0) is 61.6 Å². The normalized spacial score (nSPS) is 9.80. The van der Waals surface area contributed by atoms with Crippen molar-refractivity contribution in [3.63, 3.8) is 0 Å². The van der Waals surface area contributed by atoms with Gasteiger partial charge in [0.1, 0.15) is 11.6 Å². The molecule has 2 N–H and O–H groups in total. The zero-order chi connectivity index (χ0) is 21.4. The van der Waals surface area contributed by atoms with E-state index >= 15 is 0 Å². The average Bonchev–Trinajstić information content (AvgIpc) is 3.27. The largest absolute Gasteiger partial charge is 1.00 e. The van der Waals surface area contributed by atoms with Crippen LogP contribution in [0.4, 0.5) is 8.78 Å². The Labute approximate surface area is 216 Å². The molecule has 0 aliphatic heterocycles. The van der Waals surface area contributed by atoms with Gasteiger partial charge in [0, 0.05) is 40.7 Å². The van der Waals surface area contributed by atoms with Gasteiger partial charge in [-0.3, -0.25) is 0 Å². The minimum atomic E-state index is -0.266. The zero-order valence-corrected chi connectivity index (χ0v) is 20.3. The molecule has 0 saturated heterocycles. The van der Waals surface area contributed by atoms with Crippen molar-refractivity contribution < 1.29 is 60.2 Å². The zero-order valence-electron chi connectivity index (χ0n) is 17.1.